The third-order valence-electron chi connectivity index (χ3n) is 4.21. The normalized spacial score (nSPS) is 17.7. The average Bonchev–Trinajstić information content (AvgIpc) is 2.95. The van der Waals surface area contributed by atoms with Crippen molar-refractivity contribution in [2.45, 2.75) is 54.4 Å². The minimum absolute atomic E-state index is 0. The van der Waals surface area contributed by atoms with Crippen molar-refractivity contribution in [3.63, 3.8) is 0 Å². The molecule has 0 atom stereocenters. The van der Waals surface area contributed by atoms with Crippen LogP contribution in [0.25, 0.3) is 0 Å². The van der Waals surface area contributed by atoms with Gasteiger partial charge in [0.25, 0.3) is 0 Å². The third kappa shape index (κ3) is 4.65. The molecule has 0 nitrogen and oxygen atoms in total. The van der Waals surface area contributed by atoms with Crippen LogP contribution < -0.4 is 0 Å². The van der Waals surface area contributed by atoms with Gasteiger partial charge in [-0.15, -0.1) is 24.8 Å². The van der Waals surface area contributed by atoms with Gasteiger partial charge in [-0.25, -0.2) is 0 Å². The fraction of sp³-hybridized carbons (Fsp3) is 0.526. The first-order valence-corrected chi connectivity index (χ1v) is 11.8. The van der Waals surface area contributed by atoms with E-state index in [2.05, 4.69) is 65.8 Å². The molecule has 0 saturated heterocycles. The molecule has 124 valence electrons. The molecule has 0 N–H and O–H groups in total. The fourth-order valence-corrected chi connectivity index (χ4v) is 9.71. The molecule has 0 amide bonds. The van der Waals surface area contributed by atoms with Gasteiger partial charge in [0.05, 0.1) is 0 Å². The molecule has 0 saturated carbocycles. The van der Waals surface area contributed by atoms with Crippen LogP contribution >= 0.6 is 24.8 Å². The van der Waals surface area contributed by atoms with E-state index in [1.165, 1.54) is 0 Å². The molecule has 22 heavy (non-hydrogen) atoms. The average molecular weight is 421 g/mol. The Morgan fingerprint density at radius 1 is 0.773 bits per heavy atom. The summed E-state index contributed by atoms with van der Waals surface area (Å²) in [5.41, 5.74) is 3.69. The first kappa shape index (κ1) is 22.3. The molecule has 0 aromatic rings. The van der Waals surface area contributed by atoms with Gasteiger partial charge in [-0.05, 0) is 0 Å². The second kappa shape index (κ2) is 7.91. The molecule has 3 heteroatoms. The summed E-state index contributed by atoms with van der Waals surface area (Å²) < 4.78 is 8.18. The van der Waals surface area contributed by atoms with Crippen molar-refractivity contribution >= 4 is 29.0 Å². The summed E-state index contributed by atoms with van der Waals surface area (Å²) in [7, 11) is 0. The van der Waals surface area contributed by atoms with Gasteiger partial charge in [0.2, 0.25) is 0 Å². The summed E-state index contributed by atoms with van der Waals surface area (Å²) in [6.07, 6.45) is 11.7. The van der Waals surface area contributed by atoms with Crippen LogP contribution in [-0.2, 0) is 21.3 Å². The predicted octanol–water partition coefficient (Wildman–Crippen LogP) is 6.40. The third-order valence-corrected chi connectivity index (χ3v) is 10.1. The molecule has 2 rings (SSSR count). The Hall–Kier alpha value is 0.293. The van der Waals surface area contributed by atoms with Gasteiger partial charge in [-0.1, -0.05) is 0 Å². The second-order valence-electron chi connectivity index (χ2n) is 7.98. The molecule has 0 bridgehead atoms. The Labute approximate surface area is 156 Å². The van der Waals surface area contributed by atoms with Gasteiger partial charge in [0, 0.05) is 0 Å². The van der Waals surface area contributed by atoms with Crippen molar-refractivity contribution in [1.82, 2.24) is 0 Å². The van der Waals surface area contributed by atoms with Crippen LogP contribution in [0.2, 0.25) is 0 Å². The summed E-state index contributed by atoms with van der Waals surface area (Å²) in [6, 6.07) is 0. The Kier molecular flexibility index (Phi) is 8.02. The van der Waals surface area contributed by atoms with Crippen LogP contribution in [0, 0.1) is 10.8 Å². The molecular formula is C19H30Cl2Zr. The van der Waals surface area contributed by atoms with E-state index < -0.39 is 21.3 Å². The maximum absolute atomic E-state index is 4.73. The van der Waals surface area contributed by atoms with Gasteiger partial charge < -0.3 is 0 Å². The van der Waals surface area contributed by atoms with Crippen molar-refractivity contribution in [3.05, 3.63) is 42.0 Å². The topological polar surface area (TPSA) is 0 Å². The van der Waals surface area contributed by atoms with E-state index in [1.54, 1.807) is 17.7 Å². The van der Waals surface area contributed by atoms with Crippen LogP contribution in [0.3, 0.4) is 0 Å². The van der Waals surface area contributed by atoms with Gasteiger partial charge in [-0.3, -0.25) is 0 Å². The van der Waals surface area contributed by atoms with E-state index in [4.69, 9.17) is 4.21 Å². The van der Waals surface area contributed by atoms with Crippen LogP contribution in [-0.4, -0.2) is 4.21 Å². The quantitative estimate of drug-likeness (QED) is 0.485. The van der Waals surface area contributed by atoms with Crippen LogP contribution in [0.5, 0.6) is 0 Å². The molecule has 0 radical (unpaired) electrons. The van der Waals surface area contributed by atoms with Crippen LogP contribution in [0.15, 0.2) is 42.0 Å². The zero-order valence-electron chi connectivity index (χ0n) is 14.7. The summed E-state index contributed by atoms with van der Waals surface area (Å²) in [6.45, 7) is 14.0. The van der Waals surface area contributed by atoms with E-state index >= 15 is 0 Å². The molecule has 0 unspecified atom stereocenters. The van der Waals surface area contributed by atoms with E-state index in [9.17, 15) is 0 Å². The van der Waals surface area contributed by atoms with E-state index in [-0.39, 0.29) is 35.6 Å². The molecule has 2 aliphatic rings. The van der Waals surface area contributed by atoms with E-state index in [0.717, 1.165) is 12.8 Å². The molecule has 2 aliphatic carbocycles. The Morgan fingerprint density at radius 2 is 1.09 bits per heavy atom. The zero-order valence-corrected chi connectivity index (χ0v) is 18.8. The first-order valence-electron chi connectivity index (χ1n) is 7.62. The van der Waals surface area contributed by atoms with Crippen molar-refractivity contribution in [3.8, 4) is 0 Å². The van der Waals surface area contributed by atoms with Gasteiger partial charge in [0.1, 0.15) is 0 Å². The van der Waals surface area contributed by atoms with E-state index in [1.807, 2.05) is 0 Å². The molecular weight excluding hydrogens is 390 g/mol. The summed E-state index contributed by atoms with van der Waals surface area (Å²) in [5.74, 6) is 0. The molecule has 0 fully saturated rings. The summed E-state index contributed by atoms with van der Waals surface area (Å²) in [4.78, 5) is 0. The molecule has 0 heterocycles. The van der Waals surface area contributed by atoms with Crippen LogP contribution in [0.4, 0.5) is 0 Å². The van der Waals surface area contributed by atoms with Gasteiger partial charge in [0.15, 0.2) is 0 Å². The van der Waals surface area contributed by atoms with Crippen molar-refractivity contribution in [2.24, 2.45) is 10.8 Å². The Balaban J connectivity index is 0.00000220. The minimum atomic E-state index is -1.89. The van der Waals surface area contributed by atoms with Gasteiger partial charge in [-0.2, -0.15) is 0 Å². The SMILES string of the molecule is Cl.Cl.[CH2]=[Zr]([C]1=C(C(C)(C)C)C=CC1)[C]1=C(C(C)(C)C)C=CC1. The molecule has 0 aromatic heterocycles. The fourth-order valence-electron chi connectivity index (χ4n) is 3.17. The standard InChI is InChI=1S/2C9H13.CH2.2ClH.Zr/c2*1-9(2,3)8-6-4-5-7-8;;;;/h2*4,6H,5H2,1-3H3;1H2;2*1H;. The maximum atomic E-state index is 4.73. The van der Waals surface area contributed by atoms with Crippen molar-refractivity contribution in [1.29, 1.82) is 0 Å². The van der Waals surface area contributed by atoms with Gasteiger partial charge >= 0.3 is 133 Å². The number of allylic oxidation sites excluding steroid dienone is 8. The van der Waals surface area contributed by atoms with Crippen molar-refractivity contribution in [2.75, 3.05) is 0 Å². The zero-order chi connectivity index (χ0) is 15.1. The number of hydrogen-bond donors (Lipinski definition) is 0. The predicted molar refractivity (Wildman–Crippen MR) is 102 cm³/mol. The first-order chi connectivity index (χ1) is 9.12. The molecule has 0 spiro atoms. The Bertz CT molecular complexity index is 511. The number of hydrogen-bond acceptors (Lipinski definition) is 0. The Morgan fingerprint density at radius 3 is 1.36 bits per heavy atom. The number of rotatable bonds is 2. The molecule has 0 aromatic carbocycles. The monoisotopic (exact) mass is 418 g/mol. The second-order valence-corrected chi connectivity index (χ2v) is 13.3. The summed E-state index contributed by atoms with van der Waals surface area (Å²) in [5, 5.41) is 0. The summed E-state index contributed by atoms with van der Waals surface area (Å²) >= 11 is -1.89. The number of halogens is 2. The van der Waals surface area contributed by atoms with E-state index in [0.29, 0.717) is 0 Å². The van der Waals surface area contributed by atoms with Crippen LogP contribution in [0.1, 0.15) is 54.4 Å². The molecule has 0 aliphatic heterocycles. The van der Waals surface area contributed by atoms with Crippen molar-refractivity contribution < 1.29 is 21.3 Å².